The zero-order valence-electron chi connectivity index (χ0n) is 30.9. The number of ketones is 2. The van der Waals surface area contributed by atoms with Gasteiger partial charge >= 0.3 is 0 Å². The number of hydrogen-bond donors (Lipinski definition) is 2. The van der Waals surface area contributed by atoms with Gasteiger partial charge in [0, 0.05) is 37.8 Å². The largest absolute Gasteiger partial charge is 0.453 e. The van der Waals surface area contributed by atoms with Crippen LogP contribution in [0, 0.1) is 0 Å². The van der Waals surface area contributed by atoms with Crippen LogP contribution in [-0.4, -0.2) is 39.6 Å². The van der Waals surface area contributed by atoms with Crippen molar-refractivity contribution in [1.82, 2.24) is 4.72 Å². The summed E-state index contributed by atoms with van der Waals surface area (Å²) in [6, 6.07) is 37.5. The van der Waals surface area contributed by atoms with Gasteiger partial charge in [0.05, 0.1) is 9.79 Å². The van der Waals surface area contributed by atoms with E-state index in [1.54, 1.807) is 42.5 Å². The number of carbonyl (C=O) groups is 4. The molecule has 0 radical (unpaired) electrons. The van der Waals surface area contributed by atoms with E-state index in [1.165, 1.54) is 44.2 Å². The number of rotatable bonds is 13. The molecule has 0 aliphatic heterocycles. The van der Waals surface area contributed by atoms with Crippen molar-refractivity contribution < 1.29 is 44.8 Å². The van der Waals surface area contributed by atoms with E-state index in [2.05, 4.69) is 4.72 Å². The highest BCUT2D eigenvalue weighted by molar-refractivity contribution is 7.90. The maximum Gasteiger partial charge on any atom is 0.264 e. The summed E-state index contributed by atoms with van der Waals surface area (Å²) in [7, 11) is -7.76. The van der Waals surface area contributed by atoms with Crippen molar-refractivity contribution in [2.75, 3.05) is 0 Å². The SMILES string of the molecule is CC(=O)c1ccc(-c2cccc(S(=O)(=O)NC(=O)CCc3ccccc3)c2)o1.CC(=O)c1ccc(-c2cccc(S(N)(=O)=O)c2)o1.O=C(Cl)CCc1ccccc1. The minimum atomic E-state index is -4.01. The maximum atomic E-state index is 12.5. The molecule has 12 nitrogen and oxygen atoms in total. The second kappa shape index (κ2) is 20.3. The first kappa shape index (κ1) is 43.8. The van der Waals surface area contributed by atoms with Crippen LogP contribution in [0.4, 0.5) is 0 Å². The number of primary sulfonamides is 1. The molecule has 3 N–H and O–H groups in total. The monoisotopic (exact) mass is 830 g/mol. The van der Waals surface area contributed by atoms with Gasteiger partial charge in [0.2, 0.25) is 21.2 Å². The number of nitrogens with two attached hydrogens (primary N) is 1. The van der Waals surface area contributed by atoms with Crippen molar-refractivity contribution in [3.8, 4) is 22.6 Å². The van der Waals surface area contributed by atoms with Crippen molar-refractivity contribution in [3.05, 3.63) is 156 Å². The number of hydrogen-bond acceptors (Lipinski definition) is 10. The summed E-state index contributed by atoms with van der Waals surface area (Å²) in [6.45, 7) is 2.78. The van der Waals surface area contributed by atoms with E-state index < -0.39 is 26.0 Å². The molecule has 6 rings (SSSR count). The number of sulfonamides is 2. The average molecular weight is 831 g/mol. The van der Waals surface area contributed by atoms with Crippen molar-refractivity contribution in [2.45, 2.75) is 49.3 Å². The first-order valence-electron chi connectivity index (χ1n) is 17.3. The van der Waals surface area contributed by atoms with E-state index in [0.29, 0.717) is 35.5 Å². The molecule has 0 saturated carbocycles. The van der Waals surface area contributed by atoms with Gasteiger partial charge in [0.25, 0.3) is 10.0 Å². The first-order chi connectivity index (χ1) is 27.0. The average Bonchev–Trinajstić information content (AvgIpc) is 3.90. The number of amides is 1. The van der Waals surface area contributed by atoms with Gasteiger partial charge in [-0.1, -0.05) is 84.9 Å². The van der Waals surface area contributed by atoms with Gasteiger partial charge in [-0.15, -0.1) is 0 Å². The van der Waals surface area contributed by atoms with Crippen LogP contribution in [0.15, 0.2) is 152 Å². The predicted octanol–water partition coefficient (Wildman–Crippen LogP) is 7.77. The topological polar surface area (TPSA) is 201 Å². The molecular weight excluding hydrogens is 792 g/mol. The van der Waals surface area contributed by atoms with Crippen LogP contribution in [0.25, 0.3) is 22.6 Å². The number of halogens is 1. The number of nitrogens with one attached hydrogen (secondary N) is 1. The molecular formula is C42H39ClN2O10S2. The van der Waals surface area contributed by atoms with E-state index in [9.17, 15) is 36.0 Å². The summed E-state index contributed by atoms with van der Waals surface area (Å²) in [5.74, 6) is 0.225. The molecule has 6 aromatic rings. The lowest BCUT2D eigenvalue weighted by atomic mass is 10.1. The molecule has 2 aromatic heterocycles. The highest BCUT2D eigenvalue weighted by atomic mass is 35.5. The lowest BCUT2D eigenvalue weighted by molar-refractivity contribution is -0.119. The molecule has 57 heavy (non-hydrogen) atoms. The molecule has 0 bridgehead atoms. The minimum Gasteiger partial charge on any atom is -0.453 e. The van der Waals surface area contributed by atoms with Gasteiger partial charge in [-0.05, 0) is 84.1 Å². The summed E-state index contributed by atoms with van der Waals surface area (Å²) in [4.78, 5) is 44.9. The van der Waals surface area contributed by atoms with Gasteiger partial charge in [-0.2, -0.15) is 0 Å². The molecule has 0 unspecified atom stereocenters. The second-order valence-electron chi connectivity index (χ2n) is 12.4. The number of aryl methyl sites for hydroxylation is 2. The number of furan rings is 2. The van der Waals surface area contributed by atoms with Crippen LogP contribution in [0.3, 0.4) is 0 Å². The number of Topliss-reactive ketones (excluding diaryl/α,β-unsaturated/α-hetero) is 2. The Morgan fingerprint density at radius 3 is 1.44 bits per heavy atom. The van der Waals surface area contributed by atoms with Crippen LogP contribution in [0.5, 0.6) is 0 Å². The maximum absolute atomic E-state index is 12.5. The highest BCUT2D eigenvalue weighted by Gasteiger charge is 2.19. The zero-order valence-corrected chi connectivity index (χ0v) is 33.3. The first-order valence-corrected chi connectivity index (χ1v) is 20.7. The standard InChI is InChI=1S/C21H19NO5S.C12H11NO4S.C9H9ClO/c1-15(23)19-11-12-20(27-19)17-8-5-9-18(14-17)28(25,26)22-21(24)13-10-16-6-3-2-4-7-16;1-8(14)11-5-6-12(17-11)9-3-2-4-10(7-9)18(13,15)16;10-9(11)7-6-8-4-2-1-3-5-8/h2-9,11-12,14H,10,13H2,1H3,(H,22,24);2-7H,1H3,(H2,13,15,16);1-5H,6-7H2. The number of benzene rings is 4. The summed E-state index contributed by atoms with van der Waals surface area (Å²) in [5.41, 5.74) is 3.15. The van der Waals surface area contributed by atoms with Crippen LogP contribution in [-0.2, 0) is 42.5 Å². The quantitative estimate of drug-likeness (QED) is 0.0856. The fraction of sp³-hybridized carbons (Fsp3) is 0.143. The highest BCUT2D eigenvalue weighted by Crippen LogP contribution is 2.26. The van der Waals surface area contributed by atoms with Crippen molar-refractivity contribution in [2.24, 2.45) is 5.14 Å². The lowest BCUT2D eigenvalue weighted by Crippen LogP contribution is -2.30. The third-order valence-corrected chi connectivity index (χ3v) is 10.4. The summed E-state index contributed by atoms with van der Waals surface area (Å²) in [6.07, 6.45) is 1.67. The van der Waals surface area contributed by atoms with Crippen molar-refractivity contribution in [3.63, 3.8) is 0 Å². The molecule has 0 saturated heterocycles. The normalized spacial score (nSPS) is 10.9. The van der Waals surface area contributed by atoms with Crippen LogP contribution >= 0.6 is 11.6 Å². The molecule has 0 atom stereocenters. The van der Waals surface area contributed by atoms with Crippen molar-refractivity contribution >= 4 is 54.4 Å². The Balaban J connectivity index is 0.000000211. The Morgan fingerprint density at radius 1 is 0.579 bits per heavy atom. The van der Waals surface area contributed by atoms with Gasteiger partial charge < -0.3 is 8.83 Å². The lowest BCUT2D eigenvalue weighted by Gasteiger charge is -2.08. The fourth-order valence-electron chi connectivity index (χ4n) is 5.06. The van der Waals surface area contributed by atoms with E-state index in [1.807, 2.05) is 60.7 Å². The Kier molecular flexibility index (Phi) is 15.6. The van der Waals surface area contributed by atoms with E-state index in [-0.39, 0.29) is 44.5 Å². The fourth-order valence-corrected chi connectivity index (χ4v) is 6.77. The Hall–Kier alpha value is -5.93. The van der Waals surface area contributed by atoms with Gasteiger partial charge in [-0.25, -0.2) is 26.7 Å². The Morgan fingerprint density at radius 2 is 1.02 bits per heavy atom. The van der Waals surface area contributed by atoms with Gasteiger partial charge in [-0.3, -0.25) is 19.2 Å². The van der Waals surface area contributed by atoms with E-state index >= 15 is 0 Å². The summed E-state index contributed by atoms with van der Waals surface area (Å²) < 4.78 is 60.4. The van der Waals surface area contributed by atoms with E-state index in [4.69, 9.17) is 25.6 Å². The van der Waals surface area contributed by atoms with Gasteiger partial charge in [0.1, 0.15) is 11.5 Å². The van der Waals surface area contributed by atoms with Crippen LogP contribution in [0.1, 0.15) is 58.9 Å². The second-order valence-corrected chi connectivity index (χ2v) is 16.1. The third kappa shape index (κ3) is 14.0. The predicted molar refractivity (Wildman–Crippen MR) is 215 cm³/mol. The molecule has 2 heterocycles. The molecule has 1 amide bonds. The molecule has 0 aliphatic rings. The van der Waals surface area contributed by atoms with Gasteiger partial charge in [0.15, 0.2) is 23.1 Å². The van der Waals surface area contributed by atoms with Crippen molar-refractivity contribution in [1.29, 1.82) is 0 Å². The summed E-state index contributed by atoms with van der Waals surface area (Å²) in [5, 5.41) is 4.78. The Bertz CT molecular complexity index is 2550. The van der Waals surface area contributed by atoms with Crippen LogP contribution < -0.4 is 9.86 Å². The molecule has 4 aromatic carbocycles. The Labute approximate surface area is 335 Å². The smallest absolute Gasteiger partial charge is 0.264 e. The summed E-state index contributed by atoms with van der Waals surface area (Å²) >= 11 is 5.19. The zero-order chi connectivity index (χ0) is 41.6. The minimum absolute atomic E-state index is 0.000718. The van der Waals surface area contributed by atoms with E-state index in [0.717, 1.165) is 17.5 Å². The number of carbonyl (C=O) groups excluding carboxylic acids is 4. The van der Waals surface area contributed by atoms with Crippen LogP contribution in [0.2, 0.25) is 0 Å². The molecule has 15 heteroatoms. The molecule has 0 aliphatic carbocycles. The molecule has 0 fully saturated rings. The third-order valence-electron chi connectivity index (χ3n) is 7.97. The molecule has 0 spiro atoms. The molecule has 296 valence electrons.